The number of benzene rings is 2. The number of thioether (sulfide) groups is 1. The average Bonchev–Trinajstić information content (AvgIpc) is 2.78. The minimum Gasteiger partial charge on any atom is -0.340 e. The van der Waals surface area contributed by atoms with Crippen LogP contribution in [0.25, 0.3) is 0 Å². The highest BCUT2D eigenvalue weighted by atomic mass is 32.2. The molecular formula is C21H23N3O4S2. The van der Waals surface area contributed by atoms with E-state index in [1.165, 1.54) is 23.4 Å². The van der Waals surface area contributed by atoms with Crippen LogP contribution in [0.4, 0.5) is 5.69 Å². The van der Waals surface area contributed by atoms with Crippen LogP contribution in [0.5, 0.6) is 0 Å². The SMILES string of the molecule is CC(=O)N1CCN(S(=O)(=O)c2ccc(C(=O)N3CCSc4ccccc43)cc2)CC1. The predicted octanol–water partition coefficient (Wildman–Crippen LogP) is 2.29. The van der Waals surface area contributed by atoms with Gasteiger partial charge in [0, 0.05) is 55.9 Å². The minimum absolute atomic E-state index is 0.0485. The van der Waals surface area contributed by atoms with E-state index in [9.17, 15) is 18.0 Å². The number of carbonyl (C=O) groups excluding carboxylic acids is 2. The fourth-order valence-corrected chi connectivity index (χ4v) is 6.12. The van der Waals surface area contributed by atoms with Crippen molar-refractivity contribution >= 4 is 39.3 Å². The van der Waals surface area contributed by atoms with Gasteiger partial charge >= 0.3 is 0 Å². The maximum atomic E-state index is 13.0. The normalized spacial score (nSPS) is 17.5. The molecule has 9 heteroatoms. The van der Waals surface area contributed by atoms with Crippen LogP contribution in [0.2, 0.25) is 0 Å². The molecule has 0 aromatic heterocycles. The van der Waals surface area contributed by atoms with Crippen molar-refractivity contribution in [2.45, 2.75) is 16.7 Å². The number of carbonyl (C=O) groups is 2. The Bertz CT molecular complexity index is 1060. The van der Waals surface area contributed by atoms with Crippen LogP contribution in [-0.2, 0) is 14.8 Å². The molecule has 2 aliphatic heterocycles. The summed E-state index contributed by atoms with van der Waals surface area (Å²) in [6, 6.07) is 13.9. The van der Waals surface area contributed by atoms with Crippen molar-refractivity contribution in [2.75, 3.05) is 43.4 Å². The number of anilines is 1. The Morgan fingerprint density at radius 3 is 2.23 bits per heavy atom. The molecule has 2 aromatic rings. The third kappa shape index (κ3) is 3.97. The molecule has 2 amide bonds. The van der Waals surface area contributed by atoms with Crippen molar-refractivity contribution < 1.29 is 18.0 Å². The van der Waals surface area contributed by atoms with Gasteiger partial charge in [0.15, 0.2) is 0 Å². The lowest BCUT2D eigenvalue weighted by molar-refractivity contribution is -0.129. The van der Waals surface area contributed by atoms with Crippen molar-refractivity contribution in [3.05, 3.63) is 54.1 Å². The molecule has 0 bridgehead atoms. The van der Waals surface area contributed by atoms with Crippen LogP contribution in [0.15, 0.2) is 58.3 Å². The molecule has 0 aliphatic carbocycles. The van der Waals surface area contributed by atoms with E-state index in [-0.39, 0.29) is 29.8 Å². The number of para-hydroxylation sites is 1. The lowest BCUT2D eigenvalue weighted by Gasteiger charge is -2.33. The largest absolute Gasteiger partial charge is 0.340 e. The van der Waals surface area contributed by atoms with Crippen LogP contribution < -0.4 is 4.90 Å². The summed E-state index contributed by atoms with van der Waals surface area (Å²) in [6.07, 6.45) is 0. The highest BCUT2D eigenvalue weighted by Gasteiger charge is 2.30. The molecule has 2 heterocycles. The summed E-state index contributed by atoms with van der Waals surface area (Å²) in [6.45, 7) is 3.41. The Hall–Kier alpha value is -2.36. The monoisotopic (exact) mass is 445 g/mol. The van der Waals surface area contributed by atoms with Crippen LogP contribution in [0.3, 0.4) is 0 Å². The fraction of sp³-hybridized carbons (Fsp3) is 0.333. The first-order valence-electron chi connectivity index (χ1n) is 9.77. The van der Waals surface area contributed by atoms with Gasteiger partial charge in [0.1, 0.15) is 0 Å². The van der Waals surface area contributed by atoms with E-state index >= 15 is 0 Å². The molecular weight excluding hydrogens is 422 g/mol. The number of amides is 2. The van der Waals surface area contributed by atoms with Gasteiger partial charge in [0.25, 0.3) is 5.91 Å². The zero-order valence-corrected chi connectivity index (χ0v) is 18.3. The Kier molecular flexibility index (Phi) is 5.86. The predicted molar refractivity (Wildman–Crippen MR) is 116 cm³/mol. The second-order valence-electron chi connectivity index (χ2n) is 7.21. The van der Waals surface area contributed by atoms with Gasteiger partial charge in [0.05, 0.1) is 10.6 Å². The molecule has 2 aromatic carbocycles. The molecule has 2 aliphatic rings. The summed E-state index contributed by atoms with van der Waals surface area (Å²) < 4.78 is 27.3. The van der Waals surface area contributed by atoms with E-state index in [0.29, 0.717) is 25.2 Å². The summed E-state index contributed by atoms with van der Waals surface area (Å²) in [4.78, 5) is 29.1. The number of nitrogens with zero attached hydrogens (tertiary/aromatic N) is 3. The first-order valence-corrected chi connectivity index (χ1v) is 12.2. The van der Waals surface area contributed by atoms with Crippen molar-refractivity contribution in [2.24, 2.45) is 0 Å². The lowest BCUT2D eigenvalue weighted by Crippen LogP contribution is -2.49. The van der Waals surface area contributed by atoms with Gasteiger partial charge in [0.2, 0.25) is 15.9 Å². The molecule has 30 heavy (non-hydrogen) atoms. The minimum atomic E-state index is -3.66. The van der Waals surface area contributed by atoms with Gasteiger partial charge < -0.3 is 9.80 Å². The second-order valence-corrected chi connectivity index (χ2v) is 10.3. The van der Waals surface area contributed by atoms with E-state index in [1.807, 2.05) is 24.3 Å². The van der Waals surface area contributed by atoms with Crippen molar-refractivity contribution in [1.82, 2.24) is 9.21 Å². The molecule has 0 atom stereocenters. The Balaban J connectivity index is 1.51. The molecule has 0 spiro atoms. The highest BCUT2D eigenvalue weighted by molar-refractivity contribution is 7.99. The number of fused-ring (bicyclic) bond motifs is 1. The van der Waals surface area contributed by atoms with E-state index in [0.717, 1.165) is 16.3 Å². The number of sulfonamides is 1. The molecule has 1 saturated heterocycles. The zero-order chi connectivity index (χ0) is 21.3. The lowest BCUT2D eigenvalue weighted by atomic mass is 10.1. The van der Waals surface area contributed by atoms with Gasteiger partial charge in [-0.25, -0.2) is 8.42 Å². The molecule has 1 fully saturated rings. The van der Waals surface area contributed by atoms with E-state index in [2.05, 4.69) is 0 Å². The van der Waals surface area contributed by atoms with Gasteiger partial charge in [-0.15, -0.1) is 11.8 Å². The Morgan fingerprint density at radius 1 is 0.900 bits per heavy atom. The van der Waals surface area contributed by atoms with E-state index in [1.54, 1.807) is 33.7 Å². The van der Waals surface area contributed by atoms with E-state index in [4.69, 9.17) is 0 Å². The standard InChI is InChI=1S/C21H23N3O4S2/c1-16(25)22-10-12-23(13-11-22)30(27,28)18-8-6-17(7-9-18)21(26)24-14-15-29-20-5-3-2-4-19(20)24/h2-9H,10-15H2,1H3. The van der Waals surface area contributed by atoms with Gasteiger partial charge in [-0.05, 0) is 36.4 Å². The summed E-state index contributed by atoms with van der Waals surface area (Å²) in [7, 11) is -3.66. The molecule has 158 valence electrons. The zero-order valence-electron chi connectivity index (χ0n) is 16.7. The topological polar surface area (TPSA) is 78.0 Å². The molecule has 0 radical (unpaired) electrons. The smallest absolute Gasteiger partial charge is 0.258 e. The molecule has 0 saturated carbocycles. The fourth-order valence-electron chi connectivity index (χ4n) is 3.70. The Labute approximate surface area is 180 Å². The molecule has 7 nitrogen and oxygen atoms in total. The first kappa shape index (κ1) is 20.9. The quantitative estimate of drug-likeness (QED) is 0.725. The third-order valence-electron chi connectivity index (χ3n) is 5.40. The number of piperazine rings is 1. The van der Waals surface area contributed by atoms with Crippen LogP contribution in [0, 0.1) is 0 Å². The van der Waals surface area contributed by atoms with Crippen molar-refractivity contribution in [1.29, 1.82) is 0 Å². The summed E-state index contributed by atoms with van der Waals surface area (Å²) in [5, 5.41) is 0. The van der Waals surface area contributed by atoms with Gasteiger partial charge in [-0.1, -0.05) is 12.1 Å². The summed E-state index contributed by atoms with van der Waals surface area (Å²) in [5.41, 5.74) is 1.34. The number of hydrogen-bond acceptors (Lipinski definition) is 5. The molecule has 0 N–H and O–H groups in total. The van der Waals surface area contributed by atoms with Crippen molar-refractivity contribution in [3.63, 3.8) is 0 Å². The summed E-state index contributed by atoms with van der Waals surface area (Å²) >= 11 is 1.73. The van der Waals surface area contributed by atoms with Gasteiger partial charge in [-0.2, -0.15) is 4.31 Å². The number of rotatable bonds is 3. The maximum absolute atomic E-state index is 13.0. The highest BCUT2D eigenvalue weighted by Crippen LogP contribution is 2.35. The summed E-state index contributed by atoms with van der Waals surface area (Å²) in [5.74, 6) is 0.635. The van der Waals surface area contributed by atoms with Crippen molar-refractivity contribution in [3.8, 4) is 0 Å². The average molecular weight is 446 g/mol. The van der Waals surface area contributed by atoms with Gasteiger partial charge in [-0.3, -0.25) is 9.59 Å². The third-order valence-corrected chi connectivity index (χ3v) is 8.35. The maximum Gasteiger partial charge on any atom is 0.258 e. The van der Waals surface area contributed by atoms with Crippen LogP contribution >= 0.6 is 11.8 Å². The van der Waals surface area contributed by atoms with E-state index < -0.39 is 10.0 Å². The van der Waals surface area contributed by atoms with Crippen LogP contribution in [-0.4, -0.2) is 67.9 Å². The second kappa shape index (κ2) is 8.41. The first-order chi connectivity index (χ1) is 14.4. The molecule has 0 unspecified atom stereocenters. The van der Waals surface area contributed by atoms with Crippen LogP contribution in [0.1, 0.15) is 17.3 Å². The Morgan fingerprint density at radius 2 is 1.57 bits per heavy atom. The molecule has 4 rings (SSSR count). The number of hydrogen-bond donors (Lipinski definition) is 0.